The topological polar surface area (TPSA) is 24.8 Å². The van der Waals surface area contributed by atoms with Gasteiger partial charge in [-0.05, 0) is 13.3 Å². The van der Waals surface area contributed by atoms with E-state index in [1.165, 1.54) is 6.42 Å². The molecular formula is C5H9N2O. The number of hydrogen-bond donors (Lipinski definition) is 0. The molecule has 0 spiro atoms. The maximum Gasteiger partial charge on any atom is 0.104 e. The van der Waals surface area contributed by atoms with Gasteiger partial charge in [-0.15, -0.1) is 5.06 Å². The molecule has 1 saturated heterocycles. The minimum atomic E-state index is 1.01. The summed E-state index contributed by atoms with van der Waals surface area (Å²) in [5.41, 5.74) is 0. The van der Waals surface area contributed by atoms with E-state index in [-0.39, 0.29) is 0 Å². The van der Waals surface area contributed by atoms with Gasteiger partial charge in [0.2, 0.25) is 0 Å². The van der Waals surface area contributed by atoms with Crippen molar-refractivity contribution in [1.29, 1.82) is 0 Å². The summed E-state index contributed by atoms with van der Waals surface area (Å²) in [6.07, 6.45) is 3.75. The van der Waals surface area contributed by atoms with E-state index >= 15 is 0 Å². The van der Waals surface area contributed by atoms with Gasteiger partial charge in [0, 0.05) is 13.1 Å². The zero-order chi connectivity index (χ0) is 5.82. The van der Waals surface area contributed by atoms with Gasteiger partial charge in [0.15, 0.2) is 0 Å². The van der Waals surface area contributed by atoms with Gasteiger partial charge < -0.3 is 0 Å². The number of rotatable bonds is 2. The maximum atomic E-state index is 4.77. The first-order valence-corrected chi connectivity index (χ1v) is 2.72. The predicted octanol–water partition coefficient (Wildman–Crippen LogP) is 0.506. The molecule has 0 N–H and O–H groups in total. The molecule has 0 saturated carbocycles. The largest absolute Gasteiger partial charge is 0.297 e. The summed E-state index contributed by atoms with van der Waals surface area (Å²) in [6, 6.07) is 0. The van der Waals surface area contributed by atoms with Gasteiger partial charge in [-0.3, -0.25) is 4.94 Å². The van der Waals surface area contributed by atoms with E-state index in [9.17, 15) is 0 Å². The van der Waals surface area contributed by atoms with E-state index in [1.54, 1.807) is 12.0 Å². The van der Waals surface area contributed by atoms with Crippen LogP contribution in [0.2, 0.25) is 0 Å². The summed E-state index contributed by atoms with van der Waals surface area (Å²) in [6.45, 7) is 3.72. The van der Waals surface area contributed by atoms with Gasteiger partial charge in [-0.25, -0.2) is 0 Å². The fraction of sp³-hybridized carbons (Fsp3) is 0.800. The molecule has 1 fully saturated rings. The minimum Gasteiger partial charge on any atom is -0.297 e. The van der Waals surface area contributed by atoms with Crippen molar-refractivity contribution in [3.05, 3.63) is 0 Å². The second kappa shape index (κ2) is 2.67. The van der Waals surface area contributed by atoms with Gasteiger partial charge in [-0.1, -0.05) is 5.16 Å². The van der Waals surface area contributed by atoms with Crippen LogP contribution in [0.15, 0.2) is 5.16 Å². The van der Waals surface area contributed by atoms with E-state index in [0.29, 0.717) is 0 Å². The standard InChI is InChI=1S/C5H9N2O/c1-2-6-8-7-4-3-5-7/h3-5H2,1H3. The van der Waals surface area contributed by atoms with Gasteiger partial charge in [0.25, 0.3) is 0 Å². The Labute approximate surface area is 48.9 Å². The van der Waals surface area contributed by atoms with Crippen LogP contribution in [0.5, 0.6) is 0 Å². The van der Waals surface area contributed by atoms with Crippen LogP contribution in [0.4, 0.5) is 0 Å². The second-order valence-electron chi connectivity index (χ2n) is 1.68. The van der Waals surface area contributed by atoms with E-state index in [1.807, 2.05) is 0 Å². The lowest BCUT2D eigenvalue weighted by molar-refractivity contribution is -0.196. The van der Waals surface area contributed by atoms with Gasteiger partial charge in [-0.2, -0.15) is 0 Å². The first-order chi connectivity index (χ1) is 3.93. The lowest BCUT2D eigenvalue weighted by Gasteiger charge is -2.25. The molecule has 3 nitrogen and oxygen atoms in total. The third-order valence-corrected chi connectivity index (χ3v) is 1.06. The molecule has 45 valence electrons. The van der Waals surface area contributed by atoms with E-state index in [4.69, 9.17) is 4.94 Å². The lowest BCUT2D eigenvalue weighted by Crippen LogP contribution is -2.35. The molecule has 0 aromatic rings. The van der Waals surface area contributed by atoms with Crippen LogP contribution in [-0.2, 0) is 4.94 Å². The van der Waals surface area contributed by atoms with Crippen molar-refractivity contribution in [1.82, 2.24) is 5.06 Å². The van der Waals surface area contributed by atoms with Crippen LogP contribution in [0.1, 0.15) is 13.3 Å². The molecular weight excluding hydrogens is 104 g/mol. The lowest BCUT2D eigenvalue weighted by atomic mass is 10.3. The van der Waals surface area contributed by atoms with Crippen LogP contribution in [-0.4, -0.2) is 24.4 Å². The predicted molar refractivity (Wildman–Crippen MR) is 30.4 cm³/mol. The zero-order valence-electron chi connectivity index (χ0n) is 4.92. The molecule has 1 rings (SSSR count). The third-order valence-electron chi connectivity index (χ3n) is 1.06. The highest BCUT2D eigenvalue weighted by Gasteiger charge is 2.13. The molecule has 0 atom stereocenters. The molecule has 0 bridgehead atoms. The molecule has 0 amide bonds. The smallest absolute Gasteiger partial charge is 0.104 e. The van der Waals surface area contributed by atoms with E-state index < -0.39 is 0 Å². The molecule has 0 aromatic carbocycles. The highest BCUT2D eigenvalue weighted by atomic mass is 16.8. The Hall–Kier alpha value is -0.570. The monoisotopic (exact) mass is 113 g/mol. The Morgan fingerprint density at radius 2 is 2.38 bits per heavy atom. The highest BCUT2D eigenvalue weighted by Crippen LogP contribution is 2.04. The molecule has 3 heteroatoms. The summed E-state index contributed by atoms with van der Waals surface area (Å²) < 4.78 is 0. The molecule has 1 aliphatic rings. The van der Waals surface area contributed by atoms with Crippen molar-refractivity contribution in [2.45, 2.75) is 13.3 Å². The van der Waals surface area contributed by atoms with Crippen LogP contribution >= 0.6 is 0 Å². The molecule has 1 aliphatic heterocycles. The fourth-order valence-corrected chi connectivity index (χ4v) is 0.467. The molecule has 0 unspecified atom stereocenters. The Balaban J connectivity index is 2.01. The number of nitrogens with zero attached hydrogens (tertiary/aromatic N) is 2. The summed E-state index contributed by atoms with van der Waals surface area (Å²) in [5, 5.41) is 5.26. The normalized spacial score (nSPS) is 21.1. The van der Waals surface area contributed by atoms with Crippen molar-refractivity contribution in [3.63, 3.8) is 0 Å². The quantitative estimate of drug-likeness (QED) is 0.385. The van der Waals surface area contributed by atoms with Crippen LogP contribution in [0.25, 0.3) is 0 Å². The first-order valence-electron chi connectivity index (χ1n) is 2.72. The molecule has 8 heavy (non-hydrogen) atoms. The second-order valence-corrected chi connectivity index (χ2v) is 1.68. The average Bonchev–Trinajstić information content (AvgIpc) is 1.63. The summed E-state index contributed by atoms with van der Waals surface area (Å²) in [4.78, 5) is 4.77. The van der Waals surface area contributed by atoms with Crippen LogP contribution in [0.3, 0.4) is 0 Å². The highest BCUT2D eigenvalue weighted by molar-refractivity contribution is 5.52. The Bertz CT molecular complexity index is 88.4. The summed E-state index contributed by atoms with van der Waals surface area (Å²) in [7, 11) is 0. The number of hydroxylamine groups is 2. The van der Waals surface area contributed by atoms with Crippen molar-refractivity contribution in [3.8, 4) is 0 Å². The van der Waals surface area contributed by atoms with E-state index in [2.05, 4.69) is 11.4 Å². The van der Waals surface area contributed by atoms with E-state index in [0.717, 1.165) is 13.1 Å². The van der Waals surface area contributed by atoms with Crippen molar-refractivity contribution in [2.75, 3.05) is 13.1 Å². The van der Waals surface area contributed by atoms with Crippen molar-refractivity contribution < 1.29 is 4.94 Å². The third kappa shape index (κ3) is 1.20. The molecule has 1 radical (unpaired) electrons. The van der Waals surface area contributed by atoms with Gasteiger partial charge >= 0.3 is 0 Å². The zero-order valence-corrected chi connectivity index (χ0v) is 4.92. The Morgan fingerprint density at radius 3 is 2.75 bits per heavy atom. The first kappa shape index (κ1) is 5.56. The van der Waals surface area contributed by atoms with Gasteiger partial charge in [0.05, 0.1) is 0 Å². The fourth-order valence-electron chi connectivity index (χ4n) is 0.467. The number of hydrogen-bond acceptors (Lipinski definition) is 3. The van der Waals surface area contributed by atoms with Gasteiger partial charge in [0.1, 0.15) is 6.21 Å². The maximum absolute atomic E-state index is 4.77. The molecule has 0 aromatic heterocycles. The Kier molecular flexibility index (Phi) is 1.86. The SMILES string of the molecule is C[C]=NON1CCC1. The average molecular weight is 113 g/mol. The van der Waals surface area contributed by atoms with Crippen molar-refractivity contribution >= 4 is 6.21 Å². The minimum absolute atomic E-state index is 1.01. The molecule has 1 heterocycles. The van der Waals surface area contributed by atoms with Crippen LogP contribution in [0, 0.1) is 0 Å². The summed E-state index contributed by atoms with van der Waals surface area (Å²) >= 11 is 0. The summed E-state index contributed by atoms with van der Waals surface area (Å²) in [5.74, 6) is 0. The van der Waals surface area contributed by atoms with Crippen LogP contribution < -0.4 is 0 Å². The molecule has 0 aliphatic carbocycles. The van der Waals surface area contributed by atoms with Crippen molar-refractivity contribution in [2.24, 2.45) is 5.16 Å². The Morgan fingerprint density at radius 1 is 1.62 bits per heavy atom.